The second-order valence-electron chi connectivity index (χ2n) is 23.2. The van der Waals surface area contributed by atoms with Crippen LogP contribution < -0.4 is 14.4 Å². The van der Waals surface area contributed by atoms with E-state index in [0.29, 0.717) is 47.3 Å². The van der Waals surface area contributed by atoms with E-state index in [1.165, 1.54) is 25.1 Å². The normalized spacial score (nSPS) is 12.6. The predicted octanol–water partition coefficient (Wildman–Crippen LogP) is 17.0. The molecule has 1 heterocycles. The number of nitro groups is 3. The number of nitrogens with zero attached hydrogens (tertiary/aromatic N) is 4. The molecule has 0 aromatic heterocycles. The van der Waals surface area contributed by atoms with Gasteiger partial charge < -0.3 is 33.3 Å². The van der Waals surface area contributed by atoms with Crippen LogP contribution in [0.1, 0.15) is 172 Å². The summed E-state index contributed by atoms with van der Waals surface area (Å²) in [6.07, 6.45) is -1.49. The molecule has 6 aromatic rings. The number of benzene rings is 6. The van der Waals surface area contributed by atoms with Crippen molar-refractivity contribution in [3.63, 3.8) is 0 Å². The number of fused-ring (bicyclic) bond motifs is 1. The van der Waals surface area contributed by atoms with E-state index in [1.54, 1.807) is 136 Å². The monoisotopic (exact) mass is 1410 g/mol. The van der Waals surface area contributed by atoms with Crippen molar-refractivity contribution in [2.45, 2.75) is 158 Å². The molecule has 7 rings (SSSR count). The van der Waals surface area contributed by atoms with E-state index in [-0.39, 0.29) is 114 Å². The first-order chi connectivity index (χ1) is 46.1. The molecule has 1 aliphatic heterocycles. The first-order valence-electron chi connectivity index (χ1n) is 31.6. The van der Waals surface area contributed by atoms with E-state index in [1.807, 2.05) is 97.7 Å². The topological polar surface area (TPSA) is 323 Å². The van der Waals surface area contributed by atoms with E-state index in [2.05, 4.69) is 4.52 Å². The van der Waals surface area contributed by atoms with Gasteiger partial charge in [0.2, 0.25) is 12.6 Å². The van der Waals surface area contributed by atoms with Crippen LogP contribution in [-0.4, -0.2) is 78.3 Å². The summed E-state index contributed by atoms with van der Waals surface area (Å²) in [4.78, 5) is 104. The van der Waals surface area contributed by atoms with Crippen molar-refractivity contribution in [1.29, 1.82) is 0 Å². The molecule has 0 bridgehead atoms. The Morgan fingerprint density at radius 1 is 0.612 bits per heavy atom. The molecule has 0 radical (unpaired) electrons. The molecule has 0 saturated heterocycles. The zero-order valence-electron chi connectivity index (χ0n) is 58.7. The summed E-state index contributed by atoms with van der Waals surface area (Å²) in [6, 6.07) is 37.5. The molecule has 0 amide bonds. The molecule has 0 fully saturated rings. The Morgan fingerprint density at radius 2 is 1.04 bits per heavy atom. The average Bonchev–Trinajstić information content (AvgIpc) is 1.17. The van der Waals surface area contributed by atoms with E-state index < -0.39 is 42.3 Å². The number of carbonyl (C=O) groups excluding carboxylic acids is 5. The van der Waals surface area contributed by atoms with Gasteiger partial charge in [0.25, 0.3) is 17.1 Å². The van der Waals surface area contributed by atoms with E-state index >= 15 is 0 Å². The van der Waals surface area contributed by atoms with Crippen LogP contribution in [0.25, 0.3) is 0 Å². The first kappa shape index (κ1) is 85.5. The Morgan fingerprint density at radius 3 is 1.49 bits per heavy atom. The van der Waals surface area contributed by atoms with Gasteiger partial charge in [-0.15, -0.1) is 0 Å². The molecule has 7 atom stereocenters. The molecule has 0 aliphatic carbocycles. The Labute approximate surface area is 584 Å². The van der Waals surface area contributed by atoms with Crippen molar-refractivity contribution in [1.82, 2.24) is 0 Å². The van der Waals surface area contributed by atoms with Crippen molar-refractivity contribution in [2.24, 2.45) is 28.2 Å². The Kier molecular flexibility index (Phi) is 39.3. The summed E-state index contributed by atoms with van der Waals surface area (Å²) in [6.45, 7) is 28.5. The molecule has 0 N–H and O–H groups in total. The summed E-state index contributed by atoms with van der Waals surface area (Å²) in [5, 5.41) is 33.6. The molecular weight excluding hydrogens is 1320 g/mol. The number of para-hydroxylation sites is 1. The van der Waals surface area contributed by atoms with Gasteiger partial charge in [-0.3, -0.25) is 54.3 Å². The number of esters is 4. The van der Waals surface area contributed by atoms with Crippen LogP contribution in [0.4, 0.5) is 17.1 Å². The number of carbonyl (C=O) groups is 5. The third kappa shape index (κ3) is 30.0. The summed E-state index contributed by atoms with van der Waals surface area (Å²) in [5.41, 5.74) is 5.70. The van der Waals surface area contributed by atoms with Crippen molar-refractivity contribution in [3.8, 4) is 11.5 Å². The molecule has 6 aromatic carbocycles. The molecule has 98 heavy (non-hydrogen) atoms. The van der Waals surface area contributed by atoms with E-state index in [0.717, 1.165) is 26.5 Å². The first-order valence-corrected chi connectivity index (χ1v) is 34.0. The van der Waals surface area contributed by atoms with Crippen molar-refractivity contribution >= 4 is 83.0 Å². The molecule has 23 nitrogen and oxygen atoms in total. The van der Waals surface area contributed by atoms with Crippen LogP contribution in [0, 0.1) is 67.9 Å². The molecule has 530 valence electrons. The molecule has 0 spiro atoms. The molecule has 7 unspecified atom stereocenters. The quantitative estimate of drug-likeness (QED) is 0.0109. The number of ketones is 1. The zero-order valence-corrected chi connectivity index (χ0v) is 60.6. The Bertz CT molecular complexity index is 3650. The minimum atomic E-state index is -1.26. The second-order valence-corrected chi connectivity index (χ2v) is 26.1. The number of hydrogen-bond donors (Lipinski definition) is 0. The van der Waals surface area contributed by atoms with Crippen molar-refractivity contribution < 1.29 is 78.1 Å². The van der Waals surface area contributed by atoms with Gasteiger partial charge in [0.05, 0.1) is 63.3 Å². The summed E-state index contributed by atoms with van der Waals surface area (Å²) in [5.74, 6) is -2.31. The molecule has 1 aliphatic rings. The third-order valence-corrected chi connectivity index (χ3v) is 16.0. The van der Waals surface area contributed by atoms with Gasteiger partial charge in [-0.25, -0.2) is 0 Å². The van der Waals surface area contributed by atoms with Gasteiger partial charge in [0.1, 0.15) is 12.8 Å². The van der Waals surface area contributed by atoms with Gasteiger partial charge in [-0.05, 0) is 57.0 Å². The standard InChI is InChI=1S/C21H25NO4S.C20H22O3.C13H15NO6.C13H17NO4.C2H5BO.CH5NOP2.CH4/c1-5-16-11-19(22(24)25)18(15(4)13-26-21(23)14(2)3)12-20(16)27-17-9-7-6-8-10-17;1-13(2)20(22)23-19(17-11-14(3)10-15(4)12-17)18(21)16-8-6-5-7-9-16;1-7(2)13(15)20-8(3)9-4-11-12(19-6-18-11)5-10(9)14(16)17;1-9(2)13(15)18-8-10(3)11-6-4-5-7-12(11)14(16)17;1-2-3-4;1-5(3)2-4;/h6-12,14-15H,5,13H2,1-4H3;5-13,19H,1-4H3;4-5,7-8H,6H2,1-3H3;4-7,9-10H,8H2,1-3H3;2H2,1H3;4H2,1H3;1H4/i;;;;2D;;. The van der Waals surface area contributed by atoms with E-state index in [9.17, 15) is 63.9 Å². The van der Waals surface area contributed by atoms with Crippen LogP contribution >= 0.6 is 29.1 Å². The van der Waals surface area contributed by atoms with Gasteiger partial charge in [-0.2, -0.15) is 0 Å². The SMILES string of the molecule is C.CC(C)C(=O)OC(C)c1cc2c(cc1[N+](=O)[O-])OCO2.CC(C)C(=O)OCC(C)c1ccccc1[N+](=O)[O-].CCc1cc([N+](=O)[O-])c(C(C)COC(=O)C(C)C)cc1Sc1ccccc1.C[P+]([O-])=NP.Cc1cc(C)cc(C(OC(=O)C(C)C)C(=O)c2ccccc2)c1.[2H]C(C)B=O. The van der Waals surface area contributed by atoms with E-state index in [4.69, 9.17) is 29.8 Å². The second kappa shape index (κ2) is 45.1. The van der Waals surface area contributed by atoms with Crippen LogP contribution in [0.15, 0.2) is 142 Å². The Balaban J connectivity index is 0.000000633. The minimum absolute atomic E-state index is 0. The van der Waals surface area contributed by atoms with Crippen molar-refractivity contribution in [3.05, 3.63) is 202 Å². The number of ether oxygens (including phenoxy) is 6. The van der Waals surface area contributed by atoms with Crippen LogP contribution in [0.5, 0.6) is 11.5 Å². The van der Waals surface area contributed by atoms with Crippen LogP contribution in [-0.2, 0) is 49.3 Å². The molecule has 27 heteroatoms. The predicted molar refractivity (Wildman–Crippen MR) is 382 cm³/mol. The van der Waals surface area contributed by atoms with Gasteiger partial charge >= 0.3 is 50.3 Å². The number of hydrogen-bond acceptors (Lipinski definition) is 21. The molecular formula is C71H93BN4O19P2S. The van der Waals surface area contributed by atoms with Crippen LogP contribution in [0.3, 0.4) is 0 Å². The maximum atomic E-state index is 12.8. The number of nitro benzene ring substituents is 3. The number of rotatable bonds is 23. The van der Waals surface area contributed by atoms with Crippen molar-refractivity contribution in [2.75, 3.05) is 26.7 Å². The summed E-state index contributed by atoms with van der Waals surface area (Å²) in [7, 11) is 1.36. The van der Waals surface area contributed by atoms with Gasteiger partial charge in [-0.1, -0.05) is 196 Å². The van der Waals surface area contributed by atoms with Gasteiger partial charge in [0.15, 0.2) is 25.5 Å². The fourth-order valence-corrected chi connectivity index (χ4v) is 9.48. The summed E-state index contributed by atoms with van der Waals surface area (Å²) < 4.78 is 50.5. The molecule has 0 saturated carbocycles. The Hall–Kier alpha value is -8.63. The third-order valence-electron chi connectivity index (χ3n) is 13.6. The maximum absolute atomic E-state index is 12.8. The fourth-order valence-electron chi connectivity index (χ4n) is 8.41. The number of aryl methyl sites for hydroxylation is 3. The zero-order chi connectivity index (χ0) is 74.1. The fraction of sp³-hybridized carbons (Fsp3) is 0.423. The van der Waals surface area contributed by atoms with Gasteiger partial charge in [0, 0.05) is 65.4 Å². The van der Waals surface area contributed by atoms with Crippen LogP contribution in [0.2, 0.25) is 6.30 Å². The summed E-state index contributed by atoms with van der Waals surface area (Å²) >= 11 is 1.59. The number of Topliss-reactive ketones (excluding diaryl/α,β-unsaturated/α-hetero) is 1. The average molecular weight is 1410 g/mol.